The van der Waals surface area contributed by atoms with Crippen molar-refractivity contribution < 1.29 is 28.9 Å². The van der Waals surface area contributed by atoms with Crippen LogP contribution in [0.4, 0.5) is 0 Å². The average molecular weight is 190 g/mol. The molecule has 0 spiro atoms. The molecule has 1 heterocycles. The van der Waals surface area contributed by atoms with Gasteiger partial charge in [0.1, 0.15) is 0 Å². The number of hydrogen-bond donors (Lipinski definition) is 1. The van der Waals surface area contributed by atoms with E-state index < -0.39 is 23.6 Å². The highest BCUT2D eigenvalue weighted by atomic mass is 16.6. The van der Waals surface area contributed by atoms with Gasteiger partial charge in [0.05, 0.1) is 20.8 Å². The Balaban J connectivity index is 2.71. The van der Waals surface area contributed by atoms with Crippen LogP contribution in [0.2, 0.25) is 0 Å². The van der Waals surface area contributed by atoms with Crippen molar-refractivity contribution in [2.75, 3.05) is 20.8 Å². The summed E-state index contributed by atoms with van der Waals surface area (Å²) in [5, 5.41) is 9.54. The van der Waals surface area contributed by atoms with Crippen LogP contribution in [0.5, 0.6) is 0 Å². The first-order valence-electron chi connectivity index (χ1n) is 3.56. The van der Waals surface area contributed by atoms with Crippen molar-refractivity contribution in [3.05, 3.63) is 0 Å². The molecule has 74 valence electrons. The Morgan fingerprint density at radius 2 is 2.08 bits per heavy atom. The van der Waals surface area contributed by atoms with Gasteiger partial charge in [0, 0.05) is 0 Å². The number of methoxy groups -OCH3 is 2. The second-order valence-corrected chi connectivity index (χ2v) is 2.63. The summed E-state index contributed by atoms with van der Waals surface area (Å²) in [6, 6.07) is 0. The predicted octanol–water partition coefficient (Wildman–Crippen LogP) is -1.54. The van der Waals surface area contributed by atoms with Gasteiger partial charge in [-0.15, -0.1) is 0 Å². The van der Waals surface area contributed by atoms with Crippen molar-refractivity contribution >= 4 is 11.9 Å². The topological polar surface area (TPSA) is 82.1 Å². The van der Waals surface area contributed by atoms with Crippen molar-refractivity contribution in [3.8, 4) is 0 Å². The number of carbonyl (C=O) groups excluding carboxylic acids is 2. The zero-order valence-electron chi connectivity index (χ0n) is 7.27. The zero-order valence-corrected chi connectivity index (χ0v) is 7.27. The largest absolute Gasteiger partial charge is 0.467 e. The minimum Gasteiger partial charge on any atom is -0.467 e. The van der Waals surface area contributed by atoms with Crippen LogP contribution in [-0.4, -0.2) is 49.6 Å². The fraction of sp³-hybridized carbons (Fsp3) is 0.714. The third-order valence-corrected chi connectivity index (χ3v) is 1.86. The molecule has 0 bridgehead atoms. The summed E-state index contributed by atoms with van der Waals surface area (Å²) in [5.41, 5.74) is -1.89. The first kappa shape index (κ1) is 9.94. The third-order valence-electron chi connectivity index (χ3n) is 1.86. The summed E-state index contributed by atoms with van der Waals surface area (Å²) in [6.45, 7) is -0.251. The molecule has 1 rings (SSSR count). The van der Waals surface area contributed by atoms with Crippen LogP contribution >= 0.6 is 0 Å². The highest BCUT2D eigenvalue weighted by Gasteiger charge is 2.59. The van der Waals surface area contributed by atoms with Gasteiger partial charge in [-0.25, -0.2) is 9.59 Å². The molecule has 0 aromatic heterocycles. The zero-order chi connectivity index (χ0) is 10.1. The van der Waals surface area contributed by atoms with E-state index in [1.54, 1.807) is 0 Å². The van der Waals surface area contributed by atoms with Gasteiger partial charge in [0.15, 0.2) is 6.10 Å². The maximum absolute atomic E-state index is 11.0. The van der Waals surface area contributed by atoms with Crippen LogP contribution in [0.15, 0.2) is 0 Å². The minimum absolute atomic E-state index is 0.251. The van der Waals surface area contributed by atoms with Crippen LogP contribution < -0.4 is 0 Å². The molecule has 0 aliphatic carbocycles. The average Bonchev–Trinajstić information content (AvgIpc) is 2.13. The second kappa shape index (κ2) is 3.31. The van der Waals surface area contributed by atoms with E-state index in [0.717, 1.165) is 14.2 Å². The molecule has 1 saturated heterocycles. The Morgan fingerprint density at radius 1 is 1.46 bits per heavy atom. The first-order valence-corrected chi connectivity index (χ1v) is 3.56. The van der Waals surface area contributed by atoms with Crippen LogP contribution in [0, 0.1) is 0 Å². The lowest BCUT2D eigenvalue weighted by molar-refractivity contribution is -0.248. The molecule has 2 atom stereocenters. The molecule has 6 heteroatoms. The van der Waals surface area contributed by atoms with E-state index in [9.17, 15) is 14.7 Å². The quantitative estimate of drug-likeness (QED) is 0.531. The number of esters is 2. The predicted molar refractivity (Wildman–Crippen MR) is 38.7 cm³/mol. The Bertz CT molecular complexity index is 237. The number of rotatable bonds is 2. The van der Waals surface area contributed by atoms with Crippen molar-refractivity contribution in [1.29, 1.82) is 0 Å². The fourth-order valence-electron chi connectivity index (χ4n) is 1.04. The van der Waals surface area contributed by atoms with E-state index >= 15 is 0 Å². The molecular weight excluding hydrogens is 180 g/mol. The van der Waals surface area contributed by atoms with Gasteiger partial charge in [0.2, 0.25) is 5.60 Å². The molecule has 1 fully saturated rings. The van der Waals surface area contributed by atoms with Gasteiger partial charge in [-0.3, -0.25) is 0 Å². The lowest BCUT2D eigenvalue weighted by atomic mass is 9.92. The van der Waals surface area contributed by atoms with Crippen molar-refractivity contribution in [3.63, 3.8) is 0 Å². The molecule has 0 aromatic carbocycles. The van der Waals surface area contributed by atoms with E-state index in [2.05, 4.69) is 9.47 Å². The molecule has 0 radical (unpaired) electrons. The van der Waals surface area contributed by atoms with Gasteiger partial charge in [-0.2, -0.15) is 0 Å². The molecule has 1 aliphatic rings. The first-order chi connectivity index (χ1) is 6.06. The number of hydrogen-bond acceptors (Lipinski definition) is 6. The lowest BCUT2D eigenvalue weighted by Crippen LogP contribution is -2.67. The molecule has 1 N–H and O–H groups in total. The van der Waals surface area contributed by atoms with E-state index in [0.29, 0.717) is 0 Å². The molecule has 6 nitrogen and oxygen atoms in total. The maximum Gasteiger partial charge on any atom is 0.343 e. The van der Waals surface area contributed by atoms with Gasteiger partial charge >= 0.3 is 11.9 Å². The van der Waals surface area contributed by atoms with Gasteiger partial charge < -0.3 is 19.3 Å². The molecule has 1 aliphatic heterocycles. The second-order valence-electron chi connectivity index (χ2n) is 2.63. The minimum atomic E-state index is -1.89. The Morgan fingerprint density at radius 3 is 2.38 bits per heavy atom. The molecule has 0 saturated carbocycles. The number of carbonyl (C=O) groups is 2. The third kappa shape index (κ3) is 1.38. The smallest absolute Gasteiger partial charge is 0.343 e. The van der Waals surface area contributed by atoms with Crippen LogP contribution in [0.3, 0.4) is 0 Å². The SMILES string of the molecule is COC(=O)[C@@H]1OC[C@]1(O)C(=O)OC. The van der Waals surface area contributed by atoms with Crippen LogP contribution in [0.1, 0.15) is 0 Å². The monoisotopic (exact) mass is 190 g/mol. The normalized spacial score (nSPS) is 31.8. The van der Waals surface area contributed by atoms with E-state index in [1.807, 2.05) is 0 Å². The molecular formula is C7H10O6. The fourth-order valence-corrected chi connectivity index (χ4v) is 1.04. The van der Waals surface area contributed by atoms with Crippen molar-refractivity contribution in [2.24, 2.45) is 0 Å². The van der Waals surface area contributed by atoms with E-state index in [1.165, 1.54) is 0 Å². The highest BCUT2D eigenvalue weighted by Crippen LogP contribution is 2.27. The van der Waals surface area contributed by atoms with Gasteiger partial charge in [-0.05, 0) is 0 Å². The standard InChI is InChI=1S/C7H10O6/c1-11-5(8)4-7(10,3-13-4)6(9)12-2/h4,10H,3H2,1-2H3/t4-,7+/m0/s1. The van der Waals surface area contributed by atoms with Crippen molar-refractivity contribution in [1.82, 2.24) is 0 Å². The molecule has 13 heavy (non-hydrogen) atoms. The Hall–Kier alpha value is -1.14. The summed E-state index contributed by atoms with van der Waals surface area (Å²) >= 11 is 0. The summed E-state index contributed by atoms with van der Waals surface area (Å²) in [5.74, 6) is -1.69. The summed E-state index contributed by atoms with van der Waals surface area (Å²) in [7, 11) is 2.26. The molecule has 0 amide bonds. The van der Waals surface area contributed by atoms with Gasteiger partial charge in [-0.1, -0.05) is 0 Å². The van der Waals surface area contributed by atoms with Crippen LogP contribution in [-0.2, 0) is 23.8 Å². The van der Waals surface area contributed by atoms with E-state index in [4.69, 9.17) is 4.74 Å². The summed E-state index contributed by atoms with van der Waals surface area (Å²) < 4.78 is 13.3. The van der Waals surface area contributed by atoms with Crippen LogP contribution in [0.25, 0.3) is 0 Å². The molecule has 0 aromatic rings. The highest BCUT2D eigenvalue weighted by molar-refractivity contribution is 5.90. The van der Waals surface area contributed by atoms with Gasteiger partial charge in [0.25, 0.3) is 0 Å². The van der Waals surface area contributed by atoms with Crippen molar-refractivity contribution in [2.45, 2.75) is 11.7 Å². The maximum atomic E-state index is 11.0. The van der Waals surface area contributed by atoms with E-state index in [-0.39, 0.29) is 6.61 Å². The number of ether oxygens (including phenoxy) is 3. The Labute approximate surface area is 74.4 Å². The Kier molecular flexibility index (Phi) is 2.53. The lowest BCUT2D eigenvalue weighted by Gasteiger charge is -2.39. The molecule has 0 unspecified atom stereocenters. The number of aliphatic hydroxyl groups is 1. The summed E-state index contributed by atoms with van der Waals surface area (Å²) in [6.07, 6.45) is -1.27. The summed E-state index contributed by atoms with van der Waals surface area (Å²) in [4.78, 5) is 21.9.